The highest BCUT2D eigenvalue weighted by Crippen LogP contribution is 2.35. The fourth-order valence-electron chi connectivity index (χ4n) is 1.00. The molecule has 0 aliphatic carbocycles. The topological polar surface area (TPSA) is 160 Å². The van der Waals surface area contributed by atoms with Crippen molar-refractivity contribution >= 4 is 17.9 Å². The SMILES string of the molecule is NC(N)=NN=Cc1cc(O)c(O)c([N+](=O)[O-])c1. The molecule has 9 heteroatoms. The van der Waals surface area contributed by atoms with Gasteiger partial charge in [0.2, 0.25) is 11.7 Å². The second-order valence-corrected chi connectivity index (χ2v) is 2.93. The molecular formula is C8H9N5O4. The molecule has 0 heterocycles. The number of nitro benzene ring substituents is 1. The Morgan fingerprint density at radius 3 is 2.59 bits per heavy atom. The molecule has 0 saturated carbocycles. The summed E-state index contributed by atoms with van der Waals surface area (Å²) in [5.41, 5.74) is 9.53. The van der Waals surface area contributed by atoms with Gasteiger partial charge >= 0.3 is 5.69 Å². The first-order valence-corrected chi connectivity index (χ1v) is 4.24. The summed E-state index contributed by atoms with van der Waals surface area (Å²) in [6, 6.07) is 2.09. The Bertz CT molecular complexity index is 507. The number of phenols is 2. The normalized spacial score (nSPS) is 10.4. The van der Waals surface area contributed by atoms with Crippen molar-refractivity contribution in [2.24, 2.45) is 21.7 Å². The summed E-state index contributed by atoms with van der Waals surface area (Å²) in [5, 5.41) is 35.7. The minimum absolute atomic E-state index is 0.164. The molecule has 0 spiro atoms. The molecule has 1 aromatic carbocycles. The van der Waals surface area contributed by atoms with Crippen molar-refractivity contribution in [3.05, 3.63) is 27.8 Å². The maximum atomic E-state index is 10.5. The van der Waals surface area contributed by atoms with E-state index in [0.29, 0.717) is 0 Å². The summed E-state index contributed by atoms with van der Waals surface area (Å²) in [4.78, 5) is 9.69. The van der Waals surface area contributed by atoms with E-state index in [-0.39, 0.29) is 11.5 Å². The van der Waals surface area contributed by atoms with E-state index in [2.05, 4.69) is 10.2 Å². The first kappa shape index (κ1) is 12.2. The van der Waals surface area contributed by atoms with Gasteiger partial charge in [0.25, 0.3) is 0 Å². The van der Waals surface area contributed by atoms with Gasteiger partial charge in [-0.15, -0.1) is 5.10 Å². The van der Waals surface area contributed by atoms with Gasteiger partial charge in [-0.05, 0) is 6.07 Å². The predicted octanol–water partition coefficient (Wildman–Crippen LogP) is -0.387. The molecule has 0 aromatic heterocycles. The summed E-state index contributed by atoms with van der Waals surface area (Å²) in [7, 11) is 0. The third-order valence-corrected chi connectivity index (χ3v) is 1.67. The smallest absolute Gasteiger partial charge is 0.315 e. The maximum absolute atomic E-state index is 10.5. The van der Waals surface area contributed by atoms with Crippen LogP contribution in [0.15, 0.2) is 22.3 Å². The van der Waals surface area contributed by atoms with Crippen molar-refractivity contribution in [1.29, 1.82) is 0 Å². The Balaban J connectivity index is 3.15. The predicted molar refractivity (Wildman–Crippen MR) is 59.8 cm³/mol. The fraction of sp³-hybridized carbons (Fsp3) is 0. The second kappa shape index (κ2) is 4.79. The number of nitrogens with two attached hydrogens (primary N) is 2. The third-order valence-electron chi connectivity index (χ3n) is 1.67. The van der Waals surface area contributed by atoms with Crippen molar-refractivity contribution in [2.45, 2.75) is 0 Å². The molecule has 0 fully saturated rings. The van der Waals surface area contributed by atoms with E-state index in [4.69, 9.17) is 11.5 Å². The average Bonchev–Trinajstić information content (AvgIpc) is 2.22. The largest absolute Gasteiger partial charge is 0.504 e. The number of benzene rings is 1. The molecular weight excluding hydrogens is 230 g/mol. The van der Waals surface area contributed by atoms with Gasteiger partial charge in [0.1, 0.15) is 0 Å². The van der Waals surface area contributed by atoms with Crippen LogP contribution in [0.4, 0.5) is 5.69 Å². The van der Waals surface area contributed by atoms with Gasteiger partial charge in [-0.25, -0.2) is 0 Å². The molecule has 0 saturated heterocycles. The molecule has 0 radical (unpaired) electrons. The quantitative estimate of drug-likeness (QED) is 0.185. The van der Waals surface area contributed by atoms with Gasteiger partial charge in [0.15, 0.2) is 5.75 Å². The van der Waals surface area contributed by atoms with Crippen molar-refractivity contribution in [2.75, 3.05) is 0 Å². The summed E-state index contributed by atoms with van der Waals surface area (Å²) in [6.07, 6.45) is 1.09. The average molecular weight is 239 g/mol. The minimum Gasteiger partial charge on any atom is -0.504 e. The molecule has 1 aromatic rings. The number of rotatable bonds is 3. The Kier molecular flexibility index (Phi) is 3.44. The number of hydrogen-bond donors (Lipinski definition) is 4. The lowest BCUT2D eigenvalue weighted by molar-refractivity contribution is -0.386. The van der Waals surface area contributed by atoms with E-state index in [9.17, 15) is 20.3 Å². The van der Waals surface area contributed by atoms with Crippen molar-refractivity contribution in [3.8, 4) is 11.5 Å². The second-order valence-electron chi connectivity index (χ2n) is 2.93. The lowest BCUT2D eigenvalue weighted by Gasteiger charge is -2.00. The van der Waals surface area contributed by atoms with Gasteiger partial charge in [0.05, 0.1) is 11.1 Å². The van der Waals surface area contributed by atoms with Crippen LogP contribution in [-0.4, -0.2) is 27.3 Å². The zero-order chi connectivity index (χ0) is 13.0. The Morgan fingerprint density at radius 2 is 2.06 bits per heavy atom. The molecule has 0 aliphatic heterocycles. The Hall–Kier alpha value is -2.84. The van der Waals surface area contributed by atoms with Crippen molar-refractivity contribution in [1.82, 2.24) is 0 Å². The van der Waals surface area contributed by atoms with Crippen molar-refractivity contribution < 1.29 is 15.1 Å². The molecule has 0 atom stereocenters. The molecule has 0 bridgehead atoms. The van der Waals surface area contributed by atoms with Crippen LogP contribution in [0.25, 0.3) is 0 Å². The fourth-order valence-corrected chi connectivity index (χ4v) is 1.00. The number of aromatic hydroxyl groups is 2. The van der Waals surface area contributed by atoms with Gasteiger partial charge in [-0.3, -0.25) is 10.1 Å². The van der Waals surface area contributed by atoms with Gasteiger partial charge in [0, 0.05) is 11.6 Å². The number of nitro groups is 1. The molecule has 9 nitrogen and oxygen atoms in total. The van der Waals surface area contributed by atoms with E-state index in [1.807, 2.05) is 0 Å². The highest BCUT2D eigenvalue weighted by atomic mass is 16.6. The van der Waals surface area contributed by atoms with Crippen LogP contribution >= 0.6 is 0 Å². The van der Waals surface area contributed by atoms with E-state index in [0.717, 1.165) is 18.3 Å². The molecule has 17 heavy (non-hydrogen) atoms. The van der Waals surface area contributed by atoms with E-state index < -0.39 is 22.1 Å². The molecule has 0 aliphatic rings. The summed E-state index contributed by atoms with van der Waals surface area (Å²) in [5.74, 6) is -1.72. The van der Waals surface area contributed by atoms with Gasteiger partial charge in [-0.1, -0.05) is 0 Å². The van der Waals surface area contributed by atoms with Crippen LogP contribution in [-0.2, 0) is 0 Å². The molecule has 0 amide bonds. The molecule has 0 unspecified atom stereocenters. The number of guanidine groups is 1. The first-order chi connectivity index (χ1) is 7.91. The standard InChI is InChI=1S/C8H9N5O4/c9-8(10)12-11-3-4-1-5(13(16)17)7(15)6(14)2-4/h1-3,14-15H,(H4,9,10,12). The van der Waals surface area contributed by atoms with Crippen LogP contribution in [0, 0.1) is 10.1 Å². The van der Waals surface area contributed by atoms with Crippen LogP contribution in [0.1, 0.15) is 5.56 Å². The molecule has 90 valence electrons. The zero-order valence-electron chi connectivity index (χ0n) is 8.44. The first-order valence-electron chi connectivity index (χ1n) is 4.24. The van der Waals surface area contributed by atoms with Gasteiger partial charge < -0.3 is 21.7 Å². The van der Waals surface area contributed by atoms with Gasteiger partial charge in [-0.2, -0.15) is 5.10 Å². The van der Waals surface area contributed by atoms with E-state index >= 15 is 0 Å². The lowest BCUT2D eigenvalue weighted by atomic mass is 10.2. The minimum atomic E-state index is -0.840. The van der Waals surface area contributed by atoms with E-state index in [1.54, 1.807) is 0 Å². The summed E-state index contributed by atoms with van der Waals surface area (Å²) in [6.45, 7) is 0. The highest BCUT2D eigenvalue weighted by molar-refractivity contribution is 5.84. The van der Waals surface area contributed by atoms with Crippen LogP contribution in [0.5, 0.6) is 11.5 Å². The number of hydrogen-bond acceptors (Lipinski definition) is 6. The molecule has 1 rings (SSSR count). The lowest BCUT2D eigenvalue weighted by Crippen LogP contribution is -2.21. The maximum Gasteiger partial charge on any atom is 0.315 e. The van der Waals surface area contributed by atoms with Crippen LogP contribution in [0.2, 0.25) is 0 Å². The zero-order valence-corrected chi connectivity index (χ0v) is 8.44. The molecule has 6 N–H and O–H groups in total. The Morgan fingerprint density at radius 1 is 1.41 bits per heavy atom. The third kappa shape index (κ3) is 3.06. The number of phenolic OH excluding ortho intramolecular Hbond substituents is 2. The van der Waals surface area contributed by atoms with Crippen LogP contribution in [0.3, 0.4) is 0 Å². The van der Waals surface area contributed by atoms with E-state index in [1.165, 1.54) is 0 Å². The summed E-state index contributed by atoms with van der Waals surface area (Å²) >= 11 is 0. The Labute approximate surface area is 94.8 Å². The monoisotopic (exact) mass is 239 g/mol. The number of nitrogens with zero attached hydrogens (tertiary/aromatic N) is 3. The van der Waals surface area contributed by atoms with Crippen LogP contribution < -0.4 is 11.5 Å². The summed E-state index contributed by atoms with van der Waals surface area (Å²) < 4.78 is 0. The highest BCUT2D eigenvalue weighted by Gasteiger charge is 2.18. The van der Waals surface area contributed by atoms with Crippen molar-refractivity contribution in [3.63, 3.8) is 0 Å².